The van der Waals surface area contributed by atoms with Crippen molar-refractivity contribution in [3.8, 4) is 17.3 Å². The zero-order valence-electron chi connectivity index (χ0n) is 15.9. The average Bonchev–Trinajstić information content (AvgIpc) is 3.31. The van der Waals surface area contributed by atoms with Crippen molar-refractivity contribution in [1.82, 2.24) is 15.0 Å². The van der Waals surface area contributed by atoms with Crippen LogP contribution in [-0.2, 0) is 0 Å². The Morgan fingerprint density at radius 1 is 1.03 bits per heavy atom. The molecule has 0 spiro atoms. The van der Waals surface area contributed by atoms with E-state index in [1.54, 1.807) is 66.9 Å². The van der Waals surface area contributed by atoms with E-state index in [2.05, 4.69) is 25.6 Å². The van der Waals surface area contributed by atoms with Gasteiger partial charge in [0.25, 0.3) is 11.5 Å². The molecule has 4 N–H and O–H groups in total. The highest BCUT2D eigenvalue weighted by molar-refractivity contribution is 6.30. The second-order valence-corrected chi connectivity index (χ2v) is 6.93. The summed E-state index contributed by atoms with van der Waals surface area (Å²) in [7, 11) is 0. The van der Waals surface area contributed by atoms with Gasteiger partial charge in [-0.2, -0.15) is 5.26 Å². The first-order chi connectivity index (χ1) is 15.0. The molecule has 0 aliphatic rings. The normalized spacial score (nSPS) is 10.3. The van der Waals surface area contributed by atoms with Crippen molar-refractivity contribution in [1.29, 1.82) is 5.26 Å². The highest BCUT2D eigenvalue weighted by Crippen LogP contribution is 2.24. The molecule has 2 aromatic heterocycles. The smallest absolute Gasteiger partial charge is 0.272 e. The number of rotatable bonds is 5. The predicted molar refractivity (Wildman–Crippen MR) is 118 cm³/mol. The first-order valence-electron chi connectivity index (χ1n) is 9.15. The molecule has 0 aliphatic carbocycles. The van der Waals surface area contributed by atoms with Gasteiger partial charge in [-0.25, -0.2) is 4.98 Å². The van der Waals surface area contributed by atoms with Gasteiger partial charge in [-0.15, -0.1) is 0 Å². The van der Waals surface area contributed by atoms with Crippen LogP contribution in [0.4, 0.5) is 17.3 Å². The van der Waals surface area contributed by atoms with Crippen LogP contribution in [0.3, 0.4) is 0 Å². The molecule has 0 bridgehead atoms. The van der Waals surface area contributed by atoms with Crippen LogP contribution in [0.15, 0.2) is 71.7 Å². The number of H-pyrrole nitrogens is 2. The molecular weight excluding hydrogens is 416 g/mol. The van der Waals surface area contributed by atoms with E-state index in [9.17, 15) is 14.9 Å². The first-order valence-corrected chi connectivity index (χ1v) is 9.53. The number of anilines is 3. The maximum absolute atomic E-state index is 12.4. The molecule has 152 valence electrons. The van der Waals surface area contributed by atoms with Gasteiger partial charge in [0.2, 0.25) is 5.95 Å². The molecule has 2 heterocycles. The molecule has 31 heavy (non-hydrogen) atoms. The Kier molecular flexibility index (Phi) is 5.51. The Balaban J connectivity index is 1.62. The highest BCUT2D eigenvalue weighted by atomic mass is 35.5. The van der Waals surface area contributed by atoms with Crippen LogP contribution in [0.5, 0.6) is 0 Å². The van der Waals surface area contributed by atoms with Crippen molar-refractivity contribution in [2.24, 2.45) is 0 Å². The third-order valence-electron chi connectivity index (χ3n) is 4.40. The molecule has 0 atom stereocenters. The third-order valence-corrected chi connectivity index (χ3v) is 4.65. The van der Waals surface area contributed by atoms with Gasteiger partial charge < -0.3 is 15.6 Å². The number of carbonyl (C=O) groups is 1. The fraction of sp³-hybridized carbons (Fsp3) is 0. The number of aromatic amines is 2. The molecule has 0 saturated carbocycles. The highest BCUT2D eigenvalue weighted by Gasteiger charge is 2.14. The van der Waals surface area contributed by atoms with E-state index in [4.69, 9.17) is 11.6 Å². The van der Waals surface area contributed by atoms with E-state index in [0.717, 1.165) is 0 Å². The van der Waals surface area contributed by atoms with Crippen molar-refractivity contribution in [3.63, 3.8) is 0 Å². The Morgan fingerprint density at radius 2 is 1.74 bits per heavy atom. The van der Waals surface area contributed by atoms with E-state index < -0.39 is 5.56 Å². The summed E-state index contributed by atoms with van der Waals surface area (Å²) < 4.78 is 0. The summed E-state index contributed by atoms with van der Waals surface area (Å²) in [6, 6.07) is 18.9. The van der Waals surface area contributed by atoms with Crippen molar-refractivity contribution in [2.45, 2.75) is 0 Å². The SMILES string of the molecule is N#Cc1c(-c2ccc(NC(=O)c3ccc[nH]3)cc2)nc(Nc2ccc(Cl)cc2)[nH]c1=O. The predicted octanol–water partition coefficient (Wildman–Crippen LogP) is 4.29. The molecule has 4 aromatic rings. The number of aromatic nitrogens is 3. The lowest BCUT2D eigenvalue weighted by molar-refractivity contribution is 0.102. The number of nitrogens with one attached hydrogen (secondary N) is 4. The topological polar surface area (TPSA) is 126 Å². The van der Waals surface area contributed by atoms with Gasteiger partial charge in [0.1, 0.15) is 17.3 Å². The molecule has 2 aromatic carbocycles. The molecule has 0 fully saturated rings. The molecule has 0 saturated heterocycles. The van der Waals surface area contributed by atoms with E-state index in [1.165, 1.54) is 0 Å². The lowest BCUT2D eigenvalue weighted by atomic mass is 10.1. The quantitative estimate of drug-likeness (QED) is 0.375. The summed E-state index contributed by atoms with van der Waals surface area (Å²) in [5, 5.41) is 15.8. The zero-order chi connectivity index (χ0) is 21.8. The van der Waals surface area contributed by atoms with Gasteiger partial charge in [0.15, 0.2) is 0 Å². The van der Waals surface area contributed by atoms with Crippen LogP contribution in [0.1, 0.15) is 16.1 Å². The number of amides is 1. The zero-order valence-corrected chi connectivity index (χ0v) is 16.7. The lowest BCUT2D eigenvalue weighted by Crippen LogP contribution is -2.16. The van der Waals surface area contributed by atoms with Gasteiger partial charge in [-0.05, 0) is 48.5 Å². The number of hydrogen-bond acceptors (Lipinski definition) is 5. The van der Waals surface area contributed by atoms with Crippen molar-refractivity contribution >= 4 is 34.8 Å². The van der Waals surface area contributed by atoms with Crippen LogP contribution in [0, 0.1) is 11.3 Å². The van der Waals surface area contributed by atoms with E-state index in [-0.39, 0.29) is 23.1 Å². The Bertz CT molecular complexity index is 1320. The van der Waals surface area contributed by atoms with Crippen molar-refractivity contribution in [2.75, 3.05) is 10.6 Å². The molecule has 1 amide bonds. The number of halogens is 1. The summed E-state index contributed by atoms with van der Waals surface area (Å²) in [6.45, 7) is 0. The largest absolute Gasteiger partial charge is 0.357 e. The molecule has 9 heteroatoms. The van der Waals surface area contributed by atoms with Crippen LogP contribution >= 0.6 is 11.6 Å². The molecule has 0 unspecified atom stereocenters. The molecule has 4 rings (SSSR count). The maximum atomic E-state index is 12.4. The maximum Gasteiger partial charge on any atom is 0.272 e. The number of nitriles is 1. The number of hydrogen-bond donors (Lipinski definition) is 4. The summed E-state index contributed by atoms with van der Waals surface area (Å²) in [4.78, 5) is 34.4. The average molecular weight is 431 g/mol. The van der Waals surface area contributed by atoms with Gasteiger partial charge in [0, 0.05) is 28.2 Å². The van der Waals surface area contributed by atoms with Gasteiger partial charge in [-0.1, -0.05) is 23.7 Å². The minimum Gasteiger partial charge on any atom is -0.357 e. The lowest BCUT2D eigenvalue weighted by Gasteiger charge is -2.10. The third kappa shape index (κ3) is 4.47. The minimum absolute atomic E-state index is 0.107. The van der Waals surface area contributed by atoms with Crippen molar-refractivity contribution in [3.05, 3.63) is 93.5 Å². The summed E-state index contributed by atoms with van der Waals surface area (Å²) in [6.07, 6.45) is 1.66. The van der Waals surface area contributed by atoms with Gasteiger partial charge >= 0.3 is 0 Å². The molecule has 0 radical (unpaired) electrons. The second kappa shape index (κ2) is 8.57. The minimum atomic E-state index is -0.562. The fourth-order valence-electron chi connectivity index (χ4n) is 2.90. The summed E-state index contributed by atoms with van der Waals surface area (Å²) in [5.74, 6) is -0.0929. The number of benzene rings is 2. The fourth-order valence-corrected chi connectivity index (χ4v) is 3.02. The number of carbonyl (C=O) groups excluding carboxylic acids is 1. The van der Waals surface area contributed by atoms with E-state index in [0.29, 0.717) is 27.7 Å². The molecular formula is C22H15ClN6O2. The standard InChI is InChI=1S/C22H15ClN6O2/c23-14-5-9-16(10-6-14)27-22-28-19(17(12-24)20(30)29-22)13-3-7-15(8-4-13)26-21(31)18-2-1-11-25-18/h1-11,25H,(H,26,31)(H2,27,28,29,30). The van der Waals surface area contributed by atoms with Crippen LogP contribution in [-0.4, -0.2) is 20.9 Å². The van der Waals surface area contributed by atoms with E-state index >= 15 is 0 Å². The first kappa shape index (κ1) is 19.9. The van der Waals surface area contributed by atoms with E-state index in [1.807, 2.05) is 6.07 Å². The van der Waals surface area contributed by atoms with Gasteiger partial charge in [-0.3, -0.25) is 14.6 Å². The molecule has 8 nitrogen and oxygen atoms in total. The van der Waals surface area contributed by atoms with Crippen LogP contribution in [0.25, 0.3) is 11.3 Å². The second-order valence-electron chi connectivity index (χ2n) is 6.50. The summed E-state index contributed by atoms with van der Waals surface area (Å²) in [5.41, 5.74) is 1.78. The Hall–Kier alpha value is -4.35. The monoisotopic (exact) mass is 430 g/mol. The van der Waals surface area contributed by atoms with Crippen LogP contribution < -0.4 is 16.2 Å². The number of nitrogens with zero attached hydrogens (tertiary/aromatic N) is 2. The Morgan fingerprint density at radius 3 is 2.39 bits per heavy atom. The van der Waals surface area contributed by atoms with Crippen LogP contribution in [0.2, 0.25) is 5.02 Å². The molecule has 0 aliphatic heterocycles. The van der Waals surface area contributed by atoms with Gasteiger partial charge in [0.05, 0.1) is 5.69 Å². The van der Waals surface area contributed by atoms with Crippen molar-refractivity contribution < 1.29 is 4.79 Å². The Labute approximate surface area is 181 Å². The summed E-state index contributed by atoms with van der Waals surface area (Å²) >= 11 is 5.89.